The molecule has 1 N–H and O–H groups in total. The van der Waals surface area contributed by atoms with Crippen LogP contribution in [0.4, 0.5) is 5.00 Å². The van der Waals surface area contributed by atoms with Gasteiger partial charge in [0.25, 0.3) is 0 Å². The number of carbonyl (C=O) groups excluding carboxylic acids is 1. The molecule has 1 amide bonds. The van der Waals surface area contributed by atoms with Crippen molar-refractivity contribution in [1.29, 1.82) is 0 Å². The molecule has 1 heterocycles. The normalized spacial score (nSPS) is 14.2. The third-order valence-electron chi connectivity index (χ3n) is 2.99. The first-order valence-electron chi connectivity index (χ1n) is 6.33. The quantitative estimate of drug-likeness (QED) is 0.893. The van der Waals surface area contributed by atoms with Crippen molar-refractivity contribution in [3.05, 3.63) is 10.4 Å². The van der Waals surface area contributed by atoms with Gasteiger partial charge in [0, 0.05) is 16.9 Å². The third kappa shape index (κ3) is 2.63. The summed E-state index contributed by atoms with van der Waals surface area (Å²) in [5, 5.41) is 3.86. The highest BCUT2D eigenvalue weighted by Crippen LogP contribution is 2.43. The molecule has 1 aromatic rings. The molecule has 1 aliphatic rings. The van der Waals surface area contributed by atoms with Gasteiger partial charge in [0.15, 0.2) is 5.75 Å². The van der Waals surface area contributed by atoms with Gasteiger partial charge in [-0.3, -0.25) is 4.79 Å². The zero-order chi connectivity index (χ0) is 12.3. The Hall–Kier alpha value is -1.03. The number of fused-ring (bicyclic) bond motifs is 1. The number of rotatable bonds is 4. The van der Waals surface area contributed by atoms with Crippen molar-refractivity contribution in [1.82, 2.24) is 0 Å². The fraction of sp³-hybridized carbons (Fsp3) is 0.615. The second-order valence-corrected chi connectivity index (χ2v) is 5.31. The molecule has 0 fully saturated rings. The van der Waals surface area contributed by atoms with E-state index < -0.39 is 0 Å². The lowest BCUT2D eigenvalue weighted by molar-refractivity contribution is -0.115. The number of amides is 1. The van der Waals surface area contributed by atoms with Crippen molar-refractivity contribution < 1.29 is 9.53 Å². The van der Waals surface area contributed by atoms with Crippen LogP contribution in [0.15, 0.2) is 0 Å². The second kappa shape index (κ2) is 5.54. The molecule has 2 rings (SSSR count). The van der Waals surface area contributed by atoms with Crippen LogP contribution in [0.1, 0.15) is 43.6 Å². The minimum Gasteiger partial charge on any atom is -0.490 e. The maximum atomic E-state index is 11.5. The Kier molecular flexibility index (Phi) is 4.05. The minimum atomic E-state index is 0.0598. The highest BCUT2D eigenvalue weighted by atomic mass is 32.1. The molecule has 0 unspecified atom stereocenters. The summed E-state index contributed by atoms with van der Waals surface area (Å²) in [5.74, 6) is 0.985. The maximum absolute atomic E-state index is 11.5. The van der Waals surface area contributed by atoms with Crippen LogP contribution in [-0.2, 0) is 17.6 Å². The first-order valence-corrected chi connectivity index (χ1v) is 7.15. The number of thiophene rings is 1. The van der Waals surface area contributed by atoms with Gasteiger partial charge in [-0.1, -0.05) is 6.92 Å². The van der Waals surface area contributed by atoms with Crippen molar-refractivity contribution in [2.75, 3.05) is 11.9 Å². The number of nitrogens with one attached hydrogen (secondary N) is 1. The van der Waals surface area contributed by atoms with Crippen LogP contribution in [0.5, 0.6) is 5.75 Å². The van der Waals surface area contributed by atoms with Crippen LogP contribution in [0, 0.1) is 0 Å². The third-order valence-corrected chi connectivity index (χ3v) is 4.17. The van der Waals surface area contributed by atoms with E-state index >= 15 is 0 Å². The smallest absolute Gasteiger partial charge is 0.224 e. The van der Waals surface area contributed by atoms with Crippen molar-refractivity contribution in [3.63, 3.8) is 0 Å². The summed E-state index contributed by atoms with van der Waals surface area (Å²) in [6, 6.07) is 0. The van der Waals surface area contributed by atoms with E-state index in [1.165, 1.54) is 23.3 Å². The van der Waals surface area contributed by atoms with Crippen molar-refractivity contribution in [3.8, 4) is 5.75 Å². The lowest BCUT2D eigenvalue weighted by Gasteiger charge is -2.12. The molecule has 0 saturated carbocycles. The van der Waals surface area contributed by atoms with Crippen LogP contribution in [0.2, 0.25) is 0 Å². The van der Waals surface area contributed by atoms with Gasteiger partial charge in [0.2, 0.25) is 5.91 Å². The lowest BCUT2D eigenvalue weighted by Crippen LogP contribution is -2.09. The molecule has 1 aliphatic carbocycles. The predicted octanol–water partition coefficient (Wildman–Crippen LogP) is 3.37. The van der Waals surface area contributed by atoms with Gasteiger partial charge in [-0.25, -0.2) is 0 Å². The molecular formula is C13H19NO2S. The summed E-state index contributed by atoms with van der Waals surface area (Å²) in [5.41, 5.74) is 1.33. The van der Waals surface area contributed by atoms with Crippen LogP contribution in [0.3, 0.4) is 0 Å². The molecule has 3 nitrogen and oxygen atoms in total. The Labute approximate surface area is 106 Å². The van der Waals surface area contributed by atoms with E-state index in [4.69, 9.17) is 4.74 Å². The van der Waals surface area contributed by atoms with E-state index in [0.717, 1.165) is 23.6 Å². The van der Waals surface area contributed by atoms with E-state index in [9.17, 15) is 4.79 Å². The van der Waals surface area contributed by atoms with Gasteiger partial charge in [0.1, 0.15) is 5.00 Å². The molecule has 0 aliphatic heterocycles. The SMILES string of the molecule is CCOc1c(NC(=O)CC)sc2c1CCCC2. The fourth-order valence-electron chi connectivity index (χ4n) is 2.13. The van der Waals surface area contributed by atoms with Crippen LogP contribution >= 0.6 is 11.3 Å². The summed E-state index contributed by atoms with van der Waals surface area (Å²) < 4.78 is 5.72. The molecule has 94 valence electrons. The fourth-order valence-corrected chi connectivity index (χ4v) is 3.38. The van der Waals surface area contributed by atoms with Gasteiger partial charge < -0.3 is 10.1 Å². The summed E-state index contributed by atoms with van der Waals surface area (Å²) in [6.07, 6.45) is 5.20. The lowest BCUT2D eigenvalue weighted by atomic mass is 9.99. The van der Waals surface area contributed by atoms with E-state index in [1.54, 1.807) is 11.3 Å². The highest BCUT2D eigenvalue weighted by molar-refractivity contribution is 7.17. The molecule has 0 bridgehead atoms. The molecule has 0 atom stereocenters. The summed E-state index contributed by atoms with van der Waals surface area (Å²) in [4.78, 5) is 12.9. The van der Waals surface area contributed by atoms with E-state index in [1.807, 2.05) is 13.8 Å². The largest absolute Gasteiger partial charge is 0.490 e. The maximum Gasteiger partial charge on any atom is 0.224 e. The van der Waals surface area contributed by atoms with Crippen LogP contribution in [-0.4, -0.2) is 12.5 Å². The Morgan fingerprint density at radius 1 is 1.35 bits per heavy atom. The Morgan fingerprint density at radius 2 is 2.12 bits per heavy atom. The van der Waals surface area contributed by atoms with Gasteiger partial charge >= 0.3 is 0 Å². The zero-order valence-corrected chi connectivity index (χ0v) is 11.3. The van der Waals surface area contributed by atoms with E-state index in [-0.39, 0.29) is 5.91 Å². The number of ether oxygens (including phenoxy) is 1. The van der Waals surface area contributed by atoms with Gasteiger partial charge in [-0.05, 0) is 32.6 Å². The number of aryl methyl sites for hydroxylation is 1. The second-order valence-electron chi connectivity index (χ2n) is 4.20. The van der Waals surface area contributed by atoms with Crippen molar-refractivity contribution in [2.24, 2.45) is 0 Å². The standard InChI is InChI=1S/C13H19NO2S/c1-3-11(15)14-13-12(16-4-2)9-7-5-6-8-10(9)17-13/h3-8H2,1-2H3,(H,14,15). The molecule has 1 aromatic heterocycles. The summed E-state index contributed by atoms with van der Waals surface area (Å²) in [7, 11) is 0. The molecule has 0 saturated heterocycles. The molecule has 4 heteroatoms. The van der Waals surface area contributed by atoms with Gasteiger partial charge in [-0.2, -0.15) is 0 Å². The molecule has 0 spiro atoms. The number of anilines is 1. The highest BCUT2D eigenvalue weighted by Gasteiger charge is 2.22. The Balaban J connectivity index is 2.29. The molecule has 0 aromatic carbocycles. The Bertz CT molecular complexity index is 412. The minimum absolute atomic E-state index is 0.0598. The first-order chi connectivity index (χ1) is 8.26. The first kappa shape index (κ1) is 12.4. The summed E-state index contributed by atoms with van der Waals surface area (Å²) >= 11 is 1.69. The van der Waals surface area contributed by atoms with Crippen molar-refractivity contribution in [2.45, 2.75) is 46.0 Å². The average molecular weight is 253 g/mol. The van der Waals surface area contributed by atoms with E-state index in [0.29, 0.717) is 13.0 Å². The Morgan fingerprint density at radius 3 is 2.82 bits per heavy atom. The molecule has 0 radical (unpaired) electrons. The summed E-state index contributed by atoms with van der Waals surface area (Å²) in [6.45, 7) is 4.50. The van der Waals surface area contributed by atoms with E-state index in [2.05, 4.69) is 5.32 Å². The van der Waals surface area contributed by atoms with Gasteiger partial charge in [0.05, 0.1) is 6.61 Å². The number of hydrogen-bond donors (Lipinski definition) is 1. The van der Waals surface area contributed by atoms with Crippen LogP contribution in [0.25, 0.3) is 0 Å². The number of hydrogen-bond acceptors (Lipinski definition) is 3. The monoisotopic (exact) mass is 253 g/mol. The number of carbonyl (C=O) groups is 1. The molecular weight excluding hydrogens is 234 g/mol. The molecule has 17 heavy (non-hydrogen) atoms. The average Bonchev–Trinajstić information content (AvgIpc) is 2.68. The zero-order valence-electron chi connectivity index (χ0n) is 10.5. The van der Waals surface area contributed by atoms with Crippen molar-refractivity contribution >= 4 is 22.2 Å². The van der Waals surface area contributed by atoms with Gasteiger partial charge in [-0.15, -0.1) is 11.3 Å². The van der Waals surface area contributed by atoms with Crippen LogP contribution < -0.4 is 10.1 Å². The predicted molar refractivity (Wildman–Crippen MR) is 71.1 cm³/mol. The topological polar surface area (TPSA) is 38.3 Å².